The number of aliphatic hydroxyl groups is 1. The Bertz CT molecular complexity index is 1550. The first kappa shape index (κ1) is 31.2. The number of halogens is 1. The van der Waals surface area contributed by atoms with E-state index in [2.05, 4.69) is 37.4 Å². The second-order valence-corrected chi connectivity index (χ2v) is 12.9. The summed E-state index contributed by atoms with van der Waals surface area (Å²) >= 11 is 6.52. The molecule has 3 N–H and O–H groups in total. The van der Waals surface area contributed by atoms with E-state index in [0.29, 0.717) is 34.3 Å². The fourth-order valence-electron chi connectivity index (χ4n) is 6.27. The first-order valence-electron chi connectivity index (χ1n) is 15.8. The highest BCUT2D eigenvalue weighted by atomic mass is 35.5. The molecule has 3 aliphatic rings. The lowest BCUT2D eigenvalue weighted by Gasteiger charge is -2.33. The Morgan fingerprint density at radius 1 is 1.04 bits per heavy atom. The topological polar surface area (TPSA) is 127 Å². The number of hydrogen-bond donors (Lipinski definition) is 3. The van der Waals surface area contributed by atoms with Crippen molar-refractivity contribution < 1.29 is 14.7 Å². The number of aliphatic hydroxyl groups excluding tert-OH is 1. The molecule has 0 bridgehead atoms. The Kier molecular flexibility index (Phi) is 9.21. The lowest BCUT2D eigenvalue weighted by atomic mass is 9.93. The lowest BCUT2D eigenvalue weighted by molar-refractivity contribution is -0.125. The van der Waals surface area contributed by atoms with Crippen LogP contribution >= 0.6 is 11.6 Å². The van der Waals surface area contributed by atoms with Crippen LogP contribution < -0.4 is 15.5 Å². The van der Waals surface area contributed by atoms with Gasteiger partial charge >= 0.3 is 0 Å². The number of carbonyl (C=O) groups is 2. The van der Waals surface area contributed by atoms with E-state index in [0.717, 1.165) is 68.9 Å². The normalized spacial score (nSPS) is 21.8. The standard InChI is InChI=1S/C33H41ClN8O3/c1-20(28-5-4-6-29(38-28)41-15-13-40(3)14-16-41)36-31(44)21(2)42-19-23-8-7-22(17-26(23)32(42)45)30-27(34)18-35-33(39-30)37-24-9-11-25(43)12-10-24/h4-8,17-18,20-21,24-25,43H,9-16,19H2,1-3H3,(H,36,44)(H,35,37,39)/t20-,21-,24?,25?/m1/s1. The maximum atomic E-state index is 13.6. The van der Waals surface area contributed by atoms with Gasteiger partial charge in [0.05, 0.1) is 34.8 Å². The fourth-order valence-corrected chi connectivity index (χ4v) is 6.47. The predicted molar refractivity (Wildman–Crippen MR) is 174 cm³/mol. The molecular formula is C33H41ClN8O3. The van der Waals surface area contributed by atoms with Gasteiger partial charge in [0.25, 0.3) is 5.91 Å². The molecule has 11 nitrogen and oxygen atoms in total. The molecule has 2 amide bonds. The van der Waals surface area contributed by atoms with Crippen LogP contribution in [0.5, 0.6) is 0 Å². The number of anilines is 2. The molecule has 1 aromatic carbocycles. The number of carbonyl (C=O) groups excluding carboxylic acids is 2. The van der Waals surface area contributed by atoms with E-state index in [9.17, 15) is 14.7 Å². The van der Waals surface area contributed by atoms with E-state index in [4.69, 9.17) is 16.6 Å². The molecule has 3 aromatic rings. The highest BCUT2D eigenvalue weighted by Gasteiger charge is 2.35. The van der Waals surface area contributed by atoms with Crippen molar-refractivity contribution in [2.24, 2.45) is 0 Å². The van der Waals surface area contributed by atoms with Crippen molar-refractivity contribution in [1.29, 1.82) is 0 Å². The molecule has 1 saturated carbocycles. The van der Waals surface area contributed by atoms with E-state index in [-0.39, 0.29) is 30.0 Å². The van der Waals surface area contributed by atoms with Gasteiger partial charge in [-0.05, 0) is 70.3 Å². The second kappa shape index (κ2) is 13.3. The molecule has 2 fully saturated rings. The summed E-state index contributed by atoms with van der Waals surface area (Å²) < 4.78 is 0. The second-order valence-electron chi connectivity index (χ2n) is 12.5. The van der Waals surface area contributed by atoms with Crippen LogP contribution in [0.4, 0.5) is 11.8 Å². The smallest absolute Gasteiger partial charge is 0.255 e. The number of aromatic nitrogens is 3. The summed E-state index contributed by atoms with van der Waals surface area (Å²) in [6.07, 6.45) is 4.50. The van der Waals surface area contributed by atoms with Crippen LogP contribution in [0.3, 0.4) is 0 Å². The number of piperazine rings is 1. The summed E-state index contributed by atoms with van der Waals surface area (Å²) in [4.78, 5) is 47.0. The number of pyridine rings is 1. The Labute approximate surface area is 269 Å². The van der Waals surface area contributed by atoms with Gasteiger partial charge in [0.2, 0.25) is 11.9 Å². The Hall–Kier alpha value is -3.80. The van der Waals surface area contributed by atoms with Crippen LogP contribution in [0.15, 0.2) is 42.6 Å². The molecule has 6 rings (SSSR count). The summed E-state index contributed by atoms with van der Waals surface area (Å²) in [6.45, 7) is 7.81. The number of nitrogens with zero attached hydrogens (tertiary/aromatic N) is 6. The minimum atomic E-state index is -0.677. The molecule has 2 aliphatic heterocycles. The molecule has 2 atom stereocenters. The minimum Gasteiger partial charge on any atom is -0.393 e. The Morgan fingerprint density at radius 2 is 1.80 bits per heavy atom. The third-order valence-electron chi connectivity index (χ3n) is 9.22. The lowest BCUT2D eigenvalue weighted by Crippen LogP contribution is -2.46. The van der Waals surface area contributed by atoms with Crippen molar-refractivity contribution in [3.8, 4) is 11.3 Å². The van der Waals surface area contributed by atoms with E-state index in [1.807, 2.05) is 37.3 Å². The zero-order valence-corrected chi connectivity index (χ0v) is 26.8. The SMILES string of the molecule is C[C@H](C(=O)N[C@H](C)c1cccc(N2CCN(C)CC2)n1)N1Cc2ccc(-c3nc(NC4CCC(O)CC4)ncc3Cl)cc2C1=O. The van der Waals surface area contributed by atoms with Crippen LogP contribution in [0.25, 0.3) is 11.3 Å². The highest BCUT2D eigenvalue weighted by molar-refractivity contribution is 6.33. The van der Waals surface area contributed by atoms with Crippen molar-refractivity contribution in [2.75, 3.05) is 43.4 Å². The summed E-state index contributed by atoms with van der Waals surface area (Å²) in [7, 11) is 2.12. The van der Waals surface area contributed by atoms with Crippen molar-refractivity contribution in [2.45, 2.75) is 70.3 Å². The summed E-state index contributed by atoms with van der Waals surface area (Å²) in [5, 5.41) is 16.6. The van der Waals surface area contributed by atoms with Gasteiger partial charge in [0, 0.05) is 49.9 Å². The van der Waals surface area contributed by atoms with Crippen molar-refractivity contribution in [3.05, 3.63) is 64.4 Å². The average molecular weight is 633 g/mol. The van der Waals surface area contributed by atoms with Crippen LogP contribution in [0.1, 0.15) is 67.2 Å². The first-order chi connectivity index (χ1) is 21.7. The molecule has 238 valence electrons. The van der Waals surface area contributed by atoms with E-state index < -0.39 is 6.04 Å². The van der Waals surface area contributed by atoms with Gasteiger partial charge in [-0.15, -0.1) is 0 Å². The minimum absolute atomic E-state index is 0.185. The third-order valence-corrected chi connectivity index (χ3v) is 9.50. The van der Waals surface area contributed by atoms with Gasteiger partial charge < -0.3 is 30.4 Å². The van der Waals surface area contributed by atoms with Crippen LogP contribution in [0.2, 0.25) is 5.02 Å². The number of nitrogens with one attached hydrogen (secondary N) is 2. The fraction of sp³-hybridized carbons (Fsp3) is 0.485. The molecule has 12 heteroatoms. The van der Waals surface area contributed by atoms with Gasteiger partial charge in [0.15, 0.2) is 0 Å². The third kappa shape index (κ3) is 6.90. The van der Waals surface area contributed by atoms with Gasteiger partial charge in [-0.1, -0.05) is 29.8 Å². The van der Waals surface area contributed by atoms with Crippen LogP contribution in [-0.4, -0.2) is 93.1 Å². The Balaban J connectivity index is 1.11. The molecule has 0 radical (unpaired) electrons. The number of rotatable bonds is 8. The summed E-state index contributed by atoms with van der Waals surface area (Å²) in [5.41, 5.74) is 3.40. The quantitative estimate of drug-likeness (QED) is 0.339. The zero-order valence-electron chi connectivity index (χ0n) is 26.0. The monoisotopic (exact) mass is 632 g/mol. The number of likely N-dealkylation sites (N-methyl/N-ethyl adjacent to an activating group) is 1. The maximum Gasteiger partial charge on any atom is 0.255 e. The highest BCUT2D eigenvalue weighted by Crippen LogP contribution is 2.33. The molecule has 45 heavy (non-hydrogen) atoms. The van der Waals surface area contributed by atoms with Crippen LogP contribution in [0, 0.1) is 0 Å². The van der Waals surface area contributed by atoms with E-state index in [1.54, 1.807) is 24.1 Å². The molecule has 1 aliphatic carbocycles. The molecule has 4 heterocycles. The van der Waals surface area contributed by atoms with Gasteiger partial charge in [-0.2, -0.15) is 0 Å². The summed E-state index contributed by atoms with van der Waals surface area (Å²) in [5.74, 6) is 0.936. The number of hydrogen-bond acceptors (Lipinski definition) is 9. The first-order valence-corrected chi connectivity index (χ1v) is 16.2. The van der Waals surface area contributed by atoms with Gasteiger partial charge in [-0.25, -0.2) is 15.0 Å². The predicted octanol–water partition coefficient (Wildman–Crippen LogP) is 3.88. The van der Waals surface area contributed by atoms with E-state index in [1.165, 1.54) is 0 Å². The summed E-state index contributed by atoms with van der Waals surface area (Å²) in [6, 6.07) is 10.7. The van der Waals surface area contributed by atoms with E-state index >= 15 is 0 Å². The number of benzene rings is 1. The molecule has 2 aromatic heterocycles. The molecule has 0 unspecified atom stereocenters. The molecular weight excluding hydrogens is 592 g/mol. The van der Waals surface area contributed by atoms with Crippen molar-refractivity contribution >= 4 is 35.2 Å². The number of amides is 2. The van der Waals surface area contributed by atoms with Crippen molar-refractivity contribution in [1.82, 2.24) is 30.1 Å². The molecule has 1 saturated heterocycles. The van der Waals surface area contributed by atoms with Gasteiger partial charge in [0.1, 0.15) is 11.9 Å². The van der Waals surface area contributed by atoms with Gasteiger partial charge in [-0.3, -0.25) is 9.59 Å². The number of fused-ring (bicyclic) bond motifs is 1. The molecule has 0 spiro atoms. The average Bonchev–Trinajstić information content (AvgIpc) is 3.38. The van der Waals surface area contributed by atoms with Crippen LogP contribution in [-0.2, 0) is 11.3 Å². The zero-order chi connectivity index (χ0) is 31.7. The maximum absolute atomic E-state index is 13.6. The Morgan fingerprint density at radius 3 is 2.56 bits per heavy atom. The van der Waals surface area contributed by atoms with Crippen molar-refractivity contribution in [3.63, 3.8) is 0 Å². The largest absolute Gasteiger partial charge is 0.393 e.